The average Bonchev–Trinajstić information content (AvgIpc) is 3.10. The number of ether oxygens (including phenoxy) is 1. The fraction of sp³-hybridized carbons (Fsp3) is 0.379. The molecule has 8 nitrogen and oxygen atoms in total. The second-order valence-electron chi connectivity index (χ2n) is 10.6. The maximum atomic E-state index is 13.6. The monoisotopic (exact) mass is 537 g/mol. The summed E-state index contributed by atoms with van der Waals surface area (Å²) in [7, 11) is -2.25. The zero-order valence-corrected chi connectivity index (χ0v) is 23.4. The van der Waals surface area contributed by atoms with Crippen molar-refractivity contribution in [1.29, 1.82) is 0 Å². The molecule has 0 aliphatic carbocycles. The van der Waals surface area contributed by atoms with Crippen LogP contribution >= 0.6 is 0 Å². The molecule has 0 bridgehead atoms. The van der Waals surface area contributed by atoms with Crippen molar-refractivity contribution in [3.63, 3.8) is 0 Å². The largest absolute Gasteiger partial charge is 0.459 e. The number of aromatic nitrogens is 1. The zero-order valence-electron chi connectivity index (χ0n) is 22.6. The molecule has 1 amide bonds. The van der Waals surface area contributed by atoms with E-state index in [1.807, 2.05) is 62.6 Å². The summed E-state index contributed by atoms with van der Waals surface area (Å²) in [5, 5.41) is 2.89. The highest BCUT2D eigenvalue weighted by atomic mass is 32.2. The molecule has 2 heterocycles. The Morgan fingerprint density at radius 3 is 2.42 bits per heavy atom. The fourth-order valence-electron chi connectivity index (χ4n) is 4.88. The van der Waals surface area contributed by atoms with Crippen molar-refractivity contribution >= 4 is 21.9 Å². The third-order valence-electron chi connectivity index (χ3n) is 6.62. The number of carbonyl (C=O) groups is 2. The van der Waals surface area contributed by atoms with E-state index in [-0.39, 0.29) is 36.3 Å². The van der Waals surface area contributed by atoms with Crippen LogP contribution in [0.1, 0.15) is 59.2 Å². The summed E-state index contributed by atoms with van der Waals surface area (Å²) in [5.74, 6) is -0.602. The molecule has 0 saturated heterocycles. The van der Waals surface area contributed by atoms with Crippen molar-refractivity contribution in [3.8, 4) is 0 Å². The van der Waals surface area contributed by atoms with Crippen molar-refractivity contribution in [1.82, 2.24) is 14.2 Å². The Morgan fingerprint density at radius 2 is 1.74 bits per heavy atom. The molecule has 202 valence electrons. The van der Waals surface area contributed by atoms with Gasteiger partial charge in [-0.2, -0.15) is 4.31 Å². The van der Waals surface area contributed by atoms with Crippen LogP contribution in [-0.2, 0) is 45.5 Å². The molecule has 2 aromatic carbocycles. The summed E-state index contributed by atoms with van der Waals surface area (Å²) in [6.45, 7) is 8.00. The van der Waals surface area contributed by atoms with Gasteiger partial charge < -0.3 is 14.6 Å². The third-order valence-corrected chi connectivity index (χ3v) is 8.52. The van der Waals surface area contributed by atoms with Crippen LogP contribution in [0.25, 0.3) is 0 Å². The number of rotatable bonds is 8. The number of amides is 1. The summed E-state index contributed by atoms with van der Waals surface area (Å²) in [5.41, 5.74) is 3.60. The first kappa shape index (κ1) is 27.6. The molecule has 0 fully saturated rings. The van der Waals surface area contributed by atoms with Crippen LogP contribution in [0.3, 0.4) is 0 Å². The van der Waals surface area contributed by atoms with Crippen LogP contribution in [0.4, 0.5) is 0 Å². The average molecular weight is 538 g/mol. The molecule has 0 radical (unpaired) electrons. The smallest absolute Gasteiger partial charge is 0.326 e. The van der Waals surface area contributed by atoms with E-state index in [2.05, 4.69) is 5.32 Å². The van der Waals surface area contributed by atoms with E-state index in [9.17, 15) is 18.0 Å². The number of hydrogen-bond donors (Lipinski definition) is 1. The second-order valence-corrected chi connectivity index (χ2v) is 12.6. The lowest BCUT2D eigenvalue weighted by molar-refractivity contribution is -0.155. The van der Waals surface area contributed by atoms with Crippen LogP contribution in [-0.4, -0.2) is 48.4 Å². The number of carbonyl (C=O) groups excluding carboxylic acids is 2. The molecule has 0 unspecified atom stereocenters. The molecule has 1 N–H and O–H groups in total. The molecule has 1 aliphatic heterocycles. The molecule has 1 aromatic heterocycles. The van der Waals surface area contributed by atoms with Gasteiger partial charge in [-0.1, -0.05) is 48.5 Å². The first-order valence-electron chi connectivity index (χ1n) is 12.7. The van der Waals surface area contributed by atoms with E-state index in [1.165, 1.54) is 4.31 Å². The van der Waals surface area contributed by atoms with Crippen molar-refractivity contribution in [2.75, 3.05) is 13.6 Å². The van der Waals surface area contributed by atoms with Gasteiger partial charge in [-0.25, -0.2) is 8.42 Å². The summed E-state index contributed by atoms with van der Waals surface area (Å²) >= 11 is 0. The van der Waals surface area contributed by atoms with Gasteiger partial charge in [0.05, 0.1) is 10.5 Å². The van der Waals surface area contributed by atoms with Crippen LogP contribution in [0, 0.1) is 6.92 Å². The van der Waals surface area contributed by atoms with E-state index in [0.717, 1.165) is 17.0 Å². The fourth-order valence-corrected chi connectivity index (χ4v) is 6.26. The van der Waals surface area contributed by atoms with Gasteiger partial charge >= 0.3 is 5.97 Å². The Kier molecular flexibility index (Phi) is 7.80. The summed E-state index contributed by atoms with van der Waals surface area (Å²) in [6.07, 6.45) is 0.807. The van der Waals surface area contributed by atoms with Crippen molar-refractivity contribution in [2.24, 2.45) is 0 Å². The quantitative estimate of drug-likeness (QED) is 0.441. The Morgan fingerprint density at radius 1 is 1.08 bits per heavy atom. The first-order valence-corrected chi connectivity index (χ1v) is 14.1. The van der Waals surface area contributed by atoms with E-state index in [1.54, 1.807) is 31.3 Å². The van der Waals surface area contributed by atoms with Crippen LogP contribution in [0.2, 0.25) is 0 Å². The topological polar surface area (TPSA) is 97.7 Å². The highest BCUT2D eigenvalue weighted by Crippen LogP contribution is 2.31. The lowest BCUT2D eigenvalue weighted by atomic mass is 9.97. The first-order chi connectivity index (χ1) is 17.9. The van der Waals surface area contributed by atoms with Gasteiger partial charge in [0.2, 0.25) is 10.0 Å². The van der Waals surface area contributed by atoms with Crippen molar-refractivity contribution < 1.29 is 22.7 Å². The van der Waals surface area contributed by atoms with Gasteiger partial charge in [-0.15, -0.1) is 0 Å². The van der Waals surface area contributed by atoms with Crippen molar-refractivity contribution in [3.05, 3.63) is 88.2 Å². The zero-order chi connectivity index (χ0) is 27.7. The number of fused-ring (bicyclic) bond motifs is 1. The van der Waals surface area contributed by atoms with Gasteiger partial charge in [0.15, 0.2) is 0 Å². The van der Waals surface area contributed by atoms with Gasteiger partial charge in [-0.3, -0.25) is 9.59 Å². The Hall–Kier alpha value is -3.43. The molecule has 3 aromatic rings. The standard InChI is InChI=1S/C29H35N3O5S/c1-20-23(27-24(15-16-30-28(27)34)32(20)19-26(33)37-29(2,3)4)17-22-13-9-10-14-25(22)38(35,36)31(5)18-21-11-7-6-8-12-21/h6-14H,15-19H2,1-5H3,(H,30,34). The number of sulfonamides is 1. The number of nitrogens with one attached hydrogen (secondary N) is 1. The maximum Gasteiger partial charge on any atom is 0.326 e. The minimum atomic E-state index is -3.82. The normalized spacial score (nSPS) is 13.8. The molecule has 0 atom stereocenters. The number of nitrogens with zero attached hydrogens (tertiary/aromatic N) is 2. The lowest BCUT2D eigenvalue weighted by Gasteiger charge is -2.21. The van der Waals surface area contributed by atoms with Gasteiger partial charge in [0.25, 0.3) is 5.91 Å². The van der Waals surface area contributed by atoms with Gasteiger partial charge in [0.1, 0.15) is 12.1 Å². The Bertz CT molecular complexity index is 1450. The Balaban J connectivity index is 1.71. The van der Waals surface area contributed by atoms with Gasteiger partial charge in [0, 0.05) is 44.4 Å². The summed E-state index contributed by atoms with van der Waals surface area (Å²) < 4.78 is 36.0. The minimum Gasteiger partial charge on any atom is -0.459 e. The maximum absolute atomic E-state index is 13.6. The van der Waals surface area contributed by atoms with Crippen LogP contribution in [0.15, 0.2) is 59.5 Å². The molecule has 1 aliphatic rings. The summed E-state index contributed by atoms with van der Waals surface area (Å²) in [4.78, 5) is 25.9. The molecule has 9 heteroatoms. The predicted molar refractivity (Wildman–Crippen MR) is 145 cm³/mol. The van der Waals surface area contributed by atoms with Crippen LogP contribution in [0.5, 0.6) is 0 Å². The minimum absolute atomic E-state index is 0.0154. The third kappa shape index (κ3) is 5.84. The molecule has 0 spiro atoms. The molecule has 38 heavy (non-hydrogen) atoms. The number of hydrogen-bond acceptors (Lipinski definition) is 5. The van der Waals surface area contributed by atoms with Gasteiger partial charge in [-0.05, 0) is 50.5 Å². The molecular weight excluding hydrogens is 502 g/mol. The van der Waals surface area contributed by atoms with E-state index in [0.29, 0.717) is 29.7 Å². The van der Waals surface area contributed by atoms with Crippen LogP contribution < -0.4 is 5.32 Å². The second kappa shape index (κ2) is 10.7. The summed E-state index contributed by atoms with van der Waals surface area (Å²) in [6, 6.07) is 16.3. The van der Waals surface area contributed by atoms with E-state index >= 15 is 0 Å². The number of benzene rings is 2. The highest BCUT2D eigenvalue weighted by Gasteiger charge is 2.31. The molecule has 4 rings (SSSR count). The van der Waals surface area contributed by atoms with E-state index in [4.69, 9.17) is 4.74 Å². The van der Waals surface area contributed by atoms with Crippen molar-refractivity contribution in [2.45, 2.75) is 64.1 Å². The SMILES string of the molecule is Cc1c(Cc2ccccc2S(=O)(=O)N(C)Cc2ccccc2)c2c(n1CC(=O)OC(C)(C)C)CCNC2=O. The highest BCUT2D eigenvalue weighted by molar-refractivity contribution is 7.89. The predicted octanol–water partition coefficient (Wildman–Crippen LogP) is 3.84. The van der Waals surface area contributed by atoms with E-state index < -0.39 is 15.6 Å². The molecule has 0 saturated carbocycles. The molecular formula is C29H35N3O5S. The Labute approximate surface area is 224 Å². The lowest BCUT2D eigenvalue weighted by Crippen LogP contribution is -2.33. The number of esters is 1.